The molecule has 0 aliphatic carbocycles. The smallest absolute Gasteiger partial charge is 0.512 e. The predicted molar refractivity (Wildman–Crippen MR) is 125 cm³/mol. The van der Waals surface area contributed by atoms with E-state index >= 15 is 0 Å². The molecule has 0 saturated heterocycles. The minimum Gasteiger partial charge on any atom is -0.512 e. The van der Waals surface area contributed by atoms with Crippen LogP contribution in [0, 0.1) is 41.4 Å². The SMILES string of the molecule is Fc1c[c-]c(-c2ccccn2)cc1.Fc1cc(F)c(-c2ccccn2)[c-]c1-c1ccccn1.[C-]#N.[Ir+3]. The summed E-state index contributed by atoms with van der Waals surface area (Å²) in [6, 6.07) is 26.6. The summed E-state index contributed by atoms with van der Waals surface area (Å²) in [5, 5.41) is 6.25. The minimum absolute atomic E-state index is 0. The van der Waals surface area contributed by atoms with Crippen molar-refractivity contribution in [3.8, 4) is 33.8 Å². The van der Waals surface area contributed by atoms with Crippen molar-refractivity contribution >= 4 is 0 Å². The van der Waals surface area contributed by atoms with E-state index in [0.29, 0.717) is 11.4 Å². The second kappa shape index (κ2) is 14.3. The summed E-state index contributed by atoms with van der Waals surface area (Å²) in [5.74, 6) is -1.67. The average Bonchev–Trinajstić information content (AvgIpc) is 2.92. The first-order valence-corrected chi connectivity index (χ1v) is 10.2. The average molecular weight is 658 g/mol. The monoisotopic (exact) mass is 658 g/mol. The van der Waals surface area contributed by atoms with Crippen molar-refractivity contribution in [2.45, 2.75) is 0 Å². The van der Waals surface area contributed by atoms with Crippen molar-refractivity contribution in [2.75, 3.05) is 0 Å². The molecule has 0 aliphatic rings. The Bertz CT molecular complexity index is 1310. The number of benzene rings is 2. The van der Waals surface area contributed by atoms with Crippen LogP contribution < -0.4 is 0 Å². The van der Waals surface area contributed by atoms with E-state index in [4.69, 9.17) is 11.8 Å². The Kier molecular flexibility index (Phi) is 11.1. The number of halogens is 3. The molecule has 0 saturated carbocycles. The van der Waals surface area contributed by atoms with Crippen LogP contribution >= 0.6 is 0 Å². The van der Waals surface area contributed by atoms with Crippen LogP contribution in [0.5, 0.6) is 0 Å². The van der Waals surface area contributed by atoms with Crippen molar-refractivity contribution < 1.29 is 33.3 Å². The van der Waals surface area contributed by atoms with Crippen molar-refractivity contribution in [3.05, 3.63) is 134 Å². The third kappa shape index (κ3) is 7.41. The van der Waals surface area contributed by atoms with Crippen LogP contribution in [0.2, 0.25) is 0 Å². The van der Waals surface area contributed by atoms with Crippen molar-refractivity contribution in [3.63, 3.8) is 0 Å². The van der Waals surface area contributed by atoms with Crippen molar-refractivity contribution in [1.82, 2.24) is 15.0 Å². The molecule has 5 aromatic rings. The molecule has 0 radical (unpaired) electrons. The Morgan fingerprint density at radius 2 is 1.11 bits per heavy atom. The molecular formula is C28H16F3IrN4. The Morgan fingerprint density at radius 3 is 1.50 bits per heavy atom. The van der Waals surface area contributed by atoms with Crippen LogP contribution in [0.15, 0.2) is 97.5 Å². The molecule has 0 spiro atoms. The molecule has 3 aromatic heterocycles. The van der Waals surface area contributed by atoms with Crippen LogP contribution in [0.1, 0.15) is 0 Å². The molecule has 36 heavy (non-hydrogen) atoms. The largest absolute Gasteiger partial charge is 3.00 e. The van der Waals surface area contributed by atoms with Crippen LogP contribution in [0.3, 0.4) is 0 Å². The van der Waals surface area contributed by atoms with Gasteiger partial charge in [-0.1, -0.05) is 53.6 Å². The molecule has 4 nitrogen and oxygen atoms in total. The van der Waals surface area contributed by atoms with Gasteiger partial charge in [0.15, 0.2) is 0 Å². The number of pyridine rings is 3. The van der Waals surface area contributed by atoms with E-state index in [-0.39, 0.29) is 37.0 Å². The topological polar surface area (TPSA) is 62.5 Å². The minimum atomic E-state index is -0.694. The maximum atomic E-state index is 13.9. The summed E-state index contributed by atoms with van der Waals surface area (Å²) in [6.07, 6.45) is 4.80. The molecule has 178 valence electrons. The molecule has 0 fully saturated rings. The van der Waals surface area contributed by atoms with Gasteiger partial charge in [0.25, 0.3) is 0 Å². The van der Waals surface area contributed by atoms with E-state index in [0.717, 1.165) is 17.3 Å². The zero-order valence-electron chi connectivity index (χ0n) is 18.5. The van der Waals surface area contributed by atoms with Crippen LogP contribution in [0.4, 0.5) is 13.2 Å². The van der Waals surface area contributed by atoms with Crippen LogP contribution in [-0.4, -0.2) is 15.0 Å². The van der Waals surface area contributed by atoms with E-state index < -0.39 is 11.6 Å². The zero-order chi connectivity index (χ0) is 25.0. The van der Waals surface area contributed by atoms with Crippen molar-refractivity contribution in [1.29, 1.82) is 5.26 Å². The Labute approximate surface area is 220 Å². The molecule has 0 atom stereocenters. The molecule has 8 heteroatoms. The van der Waals surface area contributed by atoms with Gasteiger partial charge in [-0.15, -0.1) is 35.9 Å². The summed E-state index contributed by atoms with van der Waals surface area (Å²) in [7, 11) is 0. The third-order valence-corrected chi connectivity index (χ3v) is 4.54. The summed E-state index contributed by atoms with van der Waals surface area (Å²) in [4.78, 5) is 12.2. The Balaban J connectivity index is 0.000000248. The fourth-order valence-corrected chi connectivity index (χ4v) is 2.98. The fourth-order valence-electron chi connectivity index (χ4n) is 2.98. The van der Waals surface area contributed by atoms with E-state index in [1.165, 1.54) is 12.1 Å². The van der Waals surface area contributed by atoms with Gasteiger partial charge < -0.3 is 16.8 Å². The van der Waals surface area contributed by atoms with E-state index in [9.17, 15) is 13.2 Å². The summed E-state index contributed by atoms with van der Waals surface area (Å²) >= 11 is 0. The number of hydrogen-bond donors (Lipinski definition) is 0. The Hall–Kier alpha value is -4.18. The normalized spacial score (nSPS) is 9.47. The molecule has 0 unspecified atom stereocenters. The molecule has 0 N–H and O–H groups in total. The standard InChI is InChI=1S/C16H9F2N2.C11H7FN.CN.Ir/c17-13-10-14(18)12(16-6-2-4-8-20-16)9-11(13)15-5-1-3-7-19-15;12-10-6-4-9(5-7-10)11-3-1-2-8-13-11;1-2;/h1-8,10H;1-4,6-8H;;/q3*-1;+3. The Morgan fingerprint density at radius 1 is 0.639 bits per heavy atom. The van der Waals surface area contributed by atoms with Gasteiger partial charge in [0, 0.05) is 35.8 Å². The third-order valence-electron chi connectivity index (χ3n) is 4.54. The molecule has 2 aromatic carbocycles. The molecule has 3 heterocycles. The van der Waals surface area contributed by atoms with Gasteiger partial charge >= 0.3 is 20.1 Å². The summed E-state index contributed by atoms with van der Waals surface area (Å²) in [6.45, 7) is 4.75. The van der Waals surface area contributed by atoms with Gasteiger partial charge in [-0.3, -0.25) is 23.1 Å². The van der Waals surface area contributed by atoms with Gasteiger partial charge in [-0.05, 0) is 23.9 Å². The number of nitrogens with zero attached hydrogens (tertiary/aromatic N) is 4. The predicted octanol–water partition coefficient (Wildman–Crippen LogP) is 6.67. The van der Waals surface area contributed by atoms with Crippen LogP contribution in [-0.2, 0) is 20.1 Å². The molecule has 0 bridgehead atoms. The molecule has 0 aliphatic heterocycles. The van der Waals surface area contributed by atoms with Gasteiger partial charge in [0.2, 0.25) is 0 Å². The fraction of sp³-hybridized carbons (Fsp3) is 0. The first-order valence-electron chi connectivity index (χ1n) is 10.2. The van der Waals surface area contributed by atoms with Gasteiger partial charge in [0.05, 0.1) is 11.6 Å². The maximum absolute atomic E-state index is 13.9. The zero-order valence-corrected chi connectivity index (χ0v) is 20.9. The van der Waals surface area contributed by atoms with Gasteiger partial charge in [-0.2, -0.15) is 0 Å². The number of aromatic nitrogens is 3. The number of rotatable bonds is 3. The van der Waals surface area contributed by atoms with E-state index in [2.05, 4.69) is 27.1 Å². The van der Waals surface area contributed by atoms with Gasteiger partial charge in [-0.25, -0.2) is 0 Å². The quantitative estimate of drug-likeness (QED) is 0.204. The van der Waals surface area contributed by atoms with Crippen LogP contribution in [0.25, 0.3) is 33.8 Å². The summed E-state index contributed by atoms with van der Waals surface area (Å²) < 4.78 is 40.4. The number of hydrogen-bond acceptors (Lipinski definition) is 4. The second-order valence-electron chi connectivity index (χ2n) is 6.78. The second-order valence-corrected chi connectivity index (χ2v) is 6.78. The first kappa shape index (κ1) is 28.1. The maximum Gasteiger partial charge on any atom is 3.00 e. The van der Waals surface area contributed by atoms with E-state index in [1.54, 1.807) is 61.1 Å². The molecular weight excluding hydrogens is 642 g/mol. The van der Waals surface area contributed by atoms with Gasteiger partial charge in [0.1, 0.15) is 0 Å². The van der Waals surface area contributed by atoms with E-state index in [1.807, 2.05) is 18.2 Å². The summed E-state index contributed by atoms with van der Waals surface area (Å²) in [5.41, 5.74) is 2.69. The van der Waals surface area contributed by atoms with Crippen molar-refractivity contribution in [2.24, 2.45) is 0 Å². The first-order chi connectivity index (χ1) is 17.1. The molecule has 5 rings (SSSR count). The molecule has 0 amide bonds.